The molecule has 0 N–H and O–H groups in total. The number of aromatic nitrogens is 3. The predicted molar refractivity (Wildman–Crippen MR) is 78.6 cm³/mol. The smallest absolute Gasteiger partial charge is 0.138 e. The van der Waals surface area contributed by atoms with Gasteiger partial charge in [0.25, 0.3) is 0 Å². The second-order valence-electron chi connectivity index (χ2n) is 4.22. The van der Waals surface area contributed by atoms with Gasteiger partial charge in [0.1, 0.15) is 16.0 Å². The van der Waals surface area contributed by atoms with Crippen molar-refractivity contribution in [2.24, 2.45) is 0 Å². The standard InChI is InChI=1S/C12H14N4S2/c1-2-11(15-7-8-18-12(15)17)16-10-6-4-3-5-9(10)13-14-16/h3-6,11H,2,7-8H2,1H3. The zero-order valence-electron chi connectivity index (χ0n) is 10.1. The molecule has 1 aromatic carbocycles. The van der Waals surface area contributed by atoms with Gasteiger partial charge in [-0.3, -0.25) is 0 Å². The molecule has 18 heavy (non-hydrogen) atoms. The third kappa shape index (κ3) is 1.89. The number of hydrogen-bond acceptors (Lipinski definition) is 4. The highest BCUT2D eigenvalue weighted by molar-refractivity contribution is 8.23. The van der Waals surface area contributed by atoms with E-state index in [0.717, 1.165) is 34.1 Å². The van der Waals surface area contributed by atoms with Crippen molar-refractivity contribution in [3.63, 3.8) is 0 Å². The summed E-state index contributed by atoms with van der Waals surface area (Å²) in [5.41, 5.74) is 2.01. The summed E-state index contributed by atoms with van der Waals surface area (Å²) >= 11 is 7.15. The van der Waals surface area contributed by atoms with E-state index < -0.39 is 0 Å². The Kier molecular flexibility index (Phi) is 3.22. The van der Waals surface area contributed by atoms with Crippen LogP contribution in [0.4, 0.5) is 0 Å². The topological polar surface area (TPSA) is 34.0 Å². The number of benzene rings is 1. The first-order valence-electron chi connectivity index (χ1n) is 6.04. The van der Waals surface area contributed by atoms with Crippen LogP contribution < -0.4 is 0 Å². The van der Waals surface area contributed by atoms with Gasteiger partial charge in [-0.25, -0.2) is 4.68 Å². The second kappa shape index (κ2) is 4.85. The normalized spacial score (nSPS) is 17.6. The van der Waals surface area contributed by atoms with Crippen molar-refractivity contribution in [1.82, 2.24) is 19.9 Å². The van der Waals surface area contributed by atoms with Crippen LogP contribution in [0.5, 0.6) is 0 Å². The summed E-state index contributed by atoms with van der Waals surface area (Å²) in [6.45, 7) is 3.16. The molecule has 6 heteroatoms. The molecule has 1 atom stereocenters. The lowest BCUT2D eigenvalue weighted by Gasteiger charge is -2.27. The monoisotopic (exact) mass is 278 g/mol. The van der Waals surface area contributed by atoms with Gasteiger partial charge in [0.15, 0.2) is 0 Å². The third-order valence-electron chi connectivity index (χ3n) is 3.18. The number of thioether (sulfide) groups is 1. The Morgan fingerprint density at radius 3 is 3.00 bits per heavy atom. The largest absolute Gasteiger partial charge is 0.334 e. The maximum Gasteiger partial charge on any atom is 0.138 e. The van der Waals surface area contributed by atoms with Crippen LogP contribution in [0.3, 0.4) is 0 Å². The lowest BCUT2D eigenvalue weighted by molar-refractivity contribution is 0.234. The van der Waals surface area contributed by atoms with Crippen molar-refractivity contribution in [3.05, 3.63) is 24.3 Å². The van der Waals surface area contributed by atoms with Crippen LogP contribution in [0.2, 0.25) is 0 Å². The third-order valence-corrected chi connectivity index (χ3v) is 4.63. The fourth-order valence-electron chi connectivity index (χ4n) is 2.31. The quantitative estimate of drug-likeness (QED) is 0.806. The van der Waals surface area contributed by atoms with Crippen LogP contribution in [-0.2, 0) is 0 Å². The molecule has 0 amide bonds. The van der Waals surface area contributed by atoms with Gasteiger partial charge in [-0.2, -0.15) is 0 Å². The Bertz CT molecular complexity index is 580. The van der Waals surface area contributed by atoms with Gasteiger partial charge in [0.2, 0.25) is 0 Å². The Balaban J connectivity index is 2.03. The molecule has 0 spiro atoms. The molecule has 0 saturated carbocycles. The van der Waals surface area contributed by atoms with Gasteiger partial charge in [-0.15, -0.1) is 5.10 Å². The van der Waals surface area contributed by atoms with E-state index in [1.807, 2.05) is 22.9 Å². The molecule has 2 aromatic rings. The first-order chi connectivity index (χ1) is 8.81. The Morgan fingerprint density at radius 2 is 2.28 bits per heavy atom. The maximum absolute atomic E-state index is 5.41. The predicted octanol–water partition coefficient (Wildman–Crippen LogP) is 2.67. The summed E-state index contributed by atoms with van der Waals surface area (Å²) in [5.74, 6) is 1.07. The Labute approximate surface area is 115 Å². The molecular formula is C12H14N4S2. The summed E-state index contributed by atoms with van der Waals surface area (Å²) in [6, 6.07) is 8.05. The second-order valence-corrected chi connectivity index (χ2v) is 5.95. The van der Waals surface area contributed by atoms with Crippen LogP contribution in [0.25, 0.3) is 11.0 Å². The van der Waals surface area contributed by atoms with Gasteiger partial charge in [0.05, 0.1) is 5.52 Å². The zero-order valence-corrected chi connectivity index (χ0v) is 11.7. The summed E-state index contributed by atoms with van der Waals surface area (Å²) < 4.78 is 2.97. The number of para-hydroxylation sites is 1. The van der Waals surface area contributed by atoms with Gasteiger partial charge in [-0.1, -0.05) is 48.2 Å². The van der Waals surface area contributed by atoms with E-state index in [1.54, 1.807) is 11.8 Å². The molecule has 0 aliphatic carbocycles. The highest BCUT2D eigenvalue weighted by Gasteiger charge is 2.27. The van der Waals surface area contributed by atoms with Crippen LogP contribution in [0.15, 0.2) is 24.3 Å². The zero-order chi connectivity index (χ0) is 12.5. The number of rotatable bonds is 3. The molecule has 3 rings (SSSR count). The van der Waals surface area contributed by atoms with Crippen LogP contribution in [0, 0.1) is 0 Å². The van der Waals surface area contributed by atoms with Crippen LogP contribution >= 0.6 is 24.0 Å². The van der Waals surface area contributed by atoms with E-state index in [0.29, 0.717) is 0 Å². The van der Waals surface area contributed by atoms with Crippen molar-refractivity contribution in [3.8, 4) is 0 Å². The van der Waals surface area contributed by atoms with E-state index in [4.69, 9.17) is 12.2 Å². The number of hydrogen-bond donors (Lipinski definition) is 0. The minimum Gasteiger partial charge on any atom is -0.334 e. The first kappa shape index (κ1) is 11.9. The van der Waals surface area contributed by atoms with Gasteiger partial charge in [0, 0.05) is 12.3 Å². The van der Waals surface area contributed by atoms with E-state index in [1.165, 1.54) is 0 Å². The summed E-state index contributed by atoms with van der Waals surface area (Å²) in [6.07, 6.45) is 1.15. The number of fused-ring (bicyclic) bond motifs is 1. The fraction of sp³-hybridized carbons (Fsp3) is 0.417. The molecule has 1 aliphatic heterocycles. The van der Waals surface area contributed by atoms with E-state index in [2.05, 4.69) is 28.2 Å². The Morgan fingerprint density at radius 1 is 1.44 bits per heavy atom. The number of thiocarbonyl (C=S) groups is 1. The molecule has 4 nitrogen and oxygen atoms in total. The van der Waals surface area contributed by atoms with E-state index in [9.17, 15) is 0 Å². The molecule has 0 radical (unpaired) electrons. The average Bonchev–Trinajstić information content (AvgIpc) is 2.99. The molecule has 1 fully saturated rings. The van der Waals surface area contributed by atoms with Crippen molar-refractivity contribution in [2.45, 2.75) is 19.5 Å². The van der Waals surface area contributed by atoms with Crippen molar-refractivity contribution < 1.29 is 0 Å². The minimum atomic E-state index is 0.180. The van der Waals surface area contributed by atoms with Gasteiger partial charge in [-0.05, 0) is 18.6 Å². The van der Waals surface area contributed by atoms with E-state index >= 15 is 0 Å². The molecule has 94 valence electrons. The molecule has 1 aliphatic rings. The summed E-state index contributed by atoms with van der Waals surface area (Å²) in [5, 5.41) is 8.52. The lowest BCUT2D eigenvalue weighted by Crippen LogP contribution is -2.32. The van der Waals surface area contributed by atoms with Gasteiger partial charge >= 0.3 is 0 Å². The molecule has 1 unspecified atom stereocenters. The van der Waals surface area contributed by atoms with Crippen molar-refractivity contribution >= 4 is 39.3 Å². The van der Waals surface area contributed by atoms with Gasteiger partial charge < -0.3 is 4.90 Å². The minimum absolute atomic E-state index is 0.180. The fourth-order valence-corrected chi connectivity index (χ4v) is 3.61. The molecule has 0 bridgehead atoms. The maximum atomic E-state index is 5.41. The van der Waals surface area contributed by atoms with Crippen LogP contribution in [-0.4, -0.2) is 36.5 Å². The van der Waals surface area contributed by atoms with E-state index in [-0.39, 0.29) is 6.17 Å². The highest BCUT2D eigenvalue weighted by Crippen LogP contribution is 2.29. The SMILES string of the molecule is CCC(N1CCSC1=S)n1nnc2ccccc21. The molecule has 2 heterocycles. The molecular weight excluding hydrogens is 264 g/mol. The summed E-state index contributed by atoms with van der Waals surface area (Å²) in [7, 11) is 0. The van der Waals surface area contributed by atoms with Crippen molar-refractivity contribution in [2.75, 3.05) is 12.3 Å². The lowest BCUT2D eigenvalue weighted by atomic mass is 10.3. The van der Waals surface area contributed by atoms with Crippen molar-refractivity contribution in [1.29, 1.82) is 0 Å². The summed E-state index contributed by atoms with van der Waals surface area (Å²) in [4.78, 5) is 2.25. The molecule has 1 saturated heterocycles. The first-order valence-corrected chi connectivity index (χ1v) is 7.44. The Hall–Kier alpha value is -1.14. The highest BCUT2D eigenvalue weighted by atomic mass is 32.2. The number of nitrogens with zero attached hydrogens (tertiary/aromatic N) is 4. The molecule has 1 aromatic heterocycles. The van der Waals surface area contributed by atoms with Crippen LogP contribution in [0.1, 0.15) is 19.5 Å². The average molecular weight is 278 g/mol.